The molecular weight excluding hydrogens is 189 g/mol. The molecule has 0 N–H and O–H groups in total. The number of carbonyl (C=O) groups is 1. The molecule has 1 rings (SSSR count). The number of hydrogen-bond donors (Lipinski definition) is 0. The maximum absolute atomic E-state index is 10.4. The van der Waals surface area contributed by atoms with Gasteiger partial charge in [0.05, 0.1) is 12.8 Å². The number of rotatable bonds is 3. The first-order valence-corrected chi connectivity index (χ1v) is 4.25. The van der Waals surface area contributed by atoms with Gasteiger partial charge in [0.2, 0.25) is 0 Å². The van der Waals surface area contributed by atoms with Crippen LogP contribution in [0.25, 0.3) is 0 Å². The second-order valence-corrected chi connectivity index (χ2v) is 3.09. The van der Waals surface area contributed by atoms with Gasteiger partial charge in [-0.3, -0.25) is 4.98 Å². The summed E-state index contributed by atoms with van der Waals surface area (Å²) in [4.78, 5) is 14.4. The smallest absolute Gasteiger partial charge is 0.550 e. The fraction of sp³-hybridized carbons (Fsp3) is 0.400. The molecule has 0 aliphatic heterocycles. The molecule has 4 nitrogen and oxygen atoms in total. The third-order valence-corrected chi connectivity index (χ3v) is 2.06. The minimum Gasteiger partial charge on any atom is -0.550 e. The van der Waals surface area contributed by atoms with Gasteiger partial charge >= 0.3 is 18.9 Å². The molecule has 0 bridgehead atoms. The van der Waals surface area contributed by atoms with E-state index in [0.717, 1.165) is 11.1 Å². The van der Waals surface area contributed by atoms with Crippen molar-refractivity contribution in [3.63, 3.8) is 0 Å². The van der Waals surface area contributed by atoms with Crippen LogP contribution in [-0.4, -0.2) is 18.1 Å². The van der Waals surface area contributed by atoms with Crippen LogP contribution in [0.1, 0.15) is 16.8 Å². The minimum absolute atomic E-state index is 0. The fourth-order valence-corrected chi connectivity index (χ4v) is 1.39. The molecule has 1 aromatic rings. The van der Waals surface area contributed by atoms with Crippen LogP contribution in [0.15, 0.2) is 6.20 Å². The van der Waals surface area contributed by atoms with Crippen molar-refractivity contribution < 1.29 is 33.5 Å². The van der Waals surface area contributed by atoms with Gasteiger partial charge < -0.3 is 14.6 Å². The molecule has 15 heavy (non-hydrogen) atoms. The zero-order valence-corrected chi connectivity index (χ0v) is 9.46. The summed E-state index contributed by atoms with van der Waals surface area (Å²) >= 11 is 0. The molecule has 0 saturated carbocycles. The topological polar surface area (TPSA) is 62.2 Å². The Morgan fingerprint density at radius 3 is 2.60 bits per heavy atom. The van der Waals surface area contributed by atoms with E-state index in [1.165, 1.54) is 0 Å². The Labute approximate surface area is 101 Å². The Balaban J connectivity index is 0.00000196. The summed E-state index contributed by atoms with van der Waals surface area (Å²) in [5.74, 6) is -0.442. The van der Waals surface area contributed by atoms with E-state index in [-0.39, 0.29) is 25.3 Å². The third kappa shape index (κ3) is 3.26. The number of nitrogens with zero attached hydrogens (tertiary/aromatic N) is 1. The number of pyridine rings is 1. The van der Waals surface area contributed by atoms with Crippen LogP contribution >= 0.6 is 0 Å². The number of carboxylic acids is 1. The van der Waals surface area contributed by atoms with Gasteiger partial charge in [0, 0.05) is 29.7 Å². The van der Waals surface area contributed by atoms with Crippen molar-refractivity contribution in [3.05, 3.63) is 23.0 Å². The molecule has 0 aliphatic carbocycles. The number of aliphatic carboxylic acids is 1. The first-order chi connectivity index (χ1) is 6.56. The Bertz CT molecular complexity index is 366. The molecule has 0 amide bonds. The monoisotopic (exact) mass is 201 g/mol. The van der Waals surface area contributed by atoms with Crippen molar-refractivity contribution in [1.29, 1.82) is 0 Å². The quantitative estimate of drug-likeness (QED) is 0.489. The normalized spacial score (nSPS) is 9.27. The SMILES string of the molecule is COc1c(C)cnc(CC(=O)[O-])c1C.[Li+]. The van der Waals surface area contributed by atoms with E-state index >= 15 is 0 Å². The molecule has 0 saturated heterocycles. The number of aromatic nitrogens is 1. The summed E-state index contributed by atoms with van der Waals surface area (Å²) in [7, 11) is 1.55. The zero-order valence-electron chi connectivity index (χ0n) is 9.46. The average Bonchev–Trinajstić information content (AvgIpc) is 2.10. The molecule has 0 aromatic carbocycles. The van der Waals surface area contributed by atoms with Crippen molar-refractivity contribution in [3.8, 4) is 5.75 Å². The largest absolute Gasteiger partial charge is 1.00 e. The van der Waals surface area contributed by atoms with E-state index in [1.807, 2.05) is 6.92 Å². The second-order valence-electron chi connectivity index (χ2n) is 3.09. The fourth-order valence-electron chi connectivity index (χ4n) is 1.39. The van der Waals surface area contributed by atoms with E-state index in [1.54, 1.807) is 20.2 Å². The summed E-state index contributed by atoms with van der Waals surface area (Å²) in [6, 6.07) is 0. The van der Waals surface area contributed by atoms with Crippen molar-refractivity contribution in [2.75, 3.05) is 7.11 Å². The van der Waals surface area contributed by atoms with E-state index in [0.29, 0.717) is 11.4 Å². The molecule has 0 spiro atoms. The predicted molar refractivity (Wildman–Crippen MR) is 49.0 cm³/mol. The molecule has 0 unspecified atom stereocenters. The molecular formula is C10H12LiNO3. The summed E-state index contributed by atoms with van der Waals surface area (Å²) in [5.41, 5.74) is 2.15. The molecule has 5 heteroatoms. The van der Waals surface area contributed by atoms with Crippen molar-refractivity contribution in [2.45, 2.75) is 20.3 Å². The molecule has 0 fully saturated rings. The summed E-state index contributed by atoms with van der Waals surface area (Å²) in [5, 5.41) is 10.4. The standard InChI is InChI=1S/C10H13NO3.Li/c1-6-5-11-8(4-9(12)13)7(2)10(6)14-3;/h5H,4H2,1-3H3,(H,12,13);/q;+1/p-1. The minimum atomic E-state index is -1.13. The molecule has 0 atom stereocenters. The van der Waals surface area contributed by atoms with Gasteiger partial charge in [-0.05, 0) is 13.8 Å². The maximum Gasteiger partial charge on any atom is 1.00 e. The summed E-state index contributed by atoms with van der Waals surface area (Å²) < 4.78 is 5.14. The van der Waals surface area contributed by atoms with Crippen LogP contribution in [0.3, 0.4) is 0 Å². The number of hydrogen-bond acceptors (Lipinski definition) is 4. The van der Waals surface area contributed by atoms with Crippen LogP contribution in [0.4, 0.5) is 0 Å². The molecule has 0 aliphatic rings. The number of carbonyl (C=O) groups excluding carboxylic acids is 1. The van der Waals surface area contributed by atoms with E-state index < -0.39 is 5.97 Å². The van der Waals surface area contributed by atoms with Crippen molar-refractivity contribution in [1.82, 2.24) is 4.98 Å². The van der Waals surface area contributed by atoms with Gasteiger partial charge in [-0.25, -0.2) is 0 Å². The van der Waals surface area contributed by atoms with Crippen molar-refractivity contribution in [2.24, 2.45) is 0 Å². The zero-order chi connectivity index (χ0) is 10.7. The van der Waals surface area contributed by atoms with Gasteiger partial charge in [0.1, 0.15) is 5.75 Å². The number of carboxylic acid groups (broad SMARTS) is 1. The number of ether oxygens (including phenoxy) is 1. The van der Waals surface area contributed by atoms with Crippen LogP contribution < -0.4 is 28.7 Å². The molecule has 76 valence electrons. The predicted octanol–water partition coefficient (Wildman–Crippen LogP) is -3.00. The van der Waals surface area contributed by atoms with E-state index in [9.17, 15) is 9.90 Å². The summed E-state index contributed by atoms with van der Waals surface area (Å²) in [6.07, 6.45) is 1.42. The van der Waals surface area contributed by atoms with Gasteiger partial charge in [-0.1, -0.05) is 0 Å². The van der Waals surface area contributed by atoms with Crippen molar-refractivity contribution >= 4 is 5.97 Å². The maximum atomic E-state index is 10.4. The molecule has 1 heterocycles. The molecule has 0 radical (unpaired) electrons. The Morgan fingerprint density at radius 1 is 1.53 bits per heavy atom. The van der Waals surface area contributed by atoms with Crippen LogP contribution in [-0.2, 0) is 11.2 Å². The van der Waals surface area contributed by atoms with E-state index in [2.05, 4.69) is 4.98 Å². The Morgan fingerprint density at radius 2 is 2.13 bits per heavy atom. The Kier molecular flexibility index (Phi) is 5.41. The Hall–Kier alpha value is -0.983. The van der Waals surface area contributed by atoms with Gasteiger partial charge in [-0.2, -0.15) is 0 Å². The first kappa shape index (κ1) is 14.0. The van der Waals surface area contributed by atoms with Crippen LogP contribution in [0, 0.1) is 13.8 Å². The average molecular weight is 201 g/mol. The number of methoxy groups -OCH3 is 1. The second kappa shape index (κ2) is 5.79. The molecule has 1 aromatic heterocycles. The number of aryl methyl sites for hydroxylation is 1. The third-order valence-electron chi connectivity index (χ3n) is 2.06. The summed E-state index contributed by atoms with van der Waals surface area (Å²) in [6.45, 7) is 3.65. The van der Waals surface area contributed by atoms with Gasteiger partial charge in [-0.15, -0.1) is 0 Å². The first-order valence-electron chi connectivity index (χ1n) is 4.25. The van der Waals surface area contributed by atoms with Crippen LogP contribution in [0.5, 0.6) is 5.75 Å². The van der Waals surface area contributed by atoms with E-state index in [4.69, 9.17) is 4.74 Å². The van der Waals surface area contributed by atoms with Gasteiger partial charge in [0.15, 0.2) is 0 Å². The van der Waals surface area contributed by atoms with Gasteiger partial charge in [0.25, 0.3) is 0 Å². The van der Waals surface area contributed by atoms with Crippen LogP contribution in [0.2, 0.25) is 0 Å².